The number of amides is 1. The fourth-order valence-electron chi connectivity index (χ4n) is 3.24. The molecule has 0 spiro atoms. The summed E-state index contributed by atoms with van der Waals surface area (Å²) in [6.45, 7) is 7.90. The summed E-state index contributed by atoms with van der Waals surface area (Å²) in [4.78, 5) is 17.6. The van der Waals surface area contributed by atoms with Gasteiger partial charge >= 0.3 is 0 Å². The van der Waals surface area contributed by atoms with E-state index in [2.05, 4.69) is 29.8 Å². The lowest BCUT2D eigenvalue weighted by molar-refractivity contribution is -0.126. The number of benzene rings is 2. The van der Waals surface area contributed by atoms with Crippen LogP contribution >= 0.6 is 24.8 Å². The van der Waals surface area contributed by atoms with Crippen LogP contribution in [0.3, 0.4) is 0 Å². The Morgan fingerprint density at radius 2 is 1.61 bits per heavy atom. The second-order valence-electron chi connectivity index (χ2n) is 7.19. The molecule has 3 rings (SSSR count). The van der Waals surface area contributed by atoms with Gasteiger partial charge in [-0.3, -0.25) is 4.79 Å². The summed E-state index contributed by atoms with van der Waals surface area (Å²) in [5, 5.41) is 3.04. The zero-order chi connectivity index (χ0) is 18.9. The Morgan fingerprint density at radius 3 is 2.21 bits per heavy atom. The van der Waals surface area contributed by atoms with Crippen LogP contribution in [0.15, 0.2) is 54.6 Å². The lowest BCUT2D eigenvalue weighted by Crippen LogP contribution is -2.49. The largest absolute Gasteiger partial charge is 0.345 e. The second-order valence-corrected chi connectivity index (χ2v) is 7.19. The molecule has 0 saturated carbocycles. The molecule has 3 aromatic rings. The Kier molecular flexibility index (Phi) is 8.05. The van der Waals surface area contributed by atoms with Crippen LogP contribution < -0.4 is 11.1 Å². The van der Waals surface area contributed by atoms with E-state index in [-0.39, 0.29) is 42.8 Å². The predicted molar refractivity (Wildman–Crippen MR) is 119 cm³/mol. The standard InChI is InChI=1S/C21H26N4O.2ClH/c1-14(2)25-18-13-9-8-12-17(18)24-19(25)15(3)23-20(26)21(4,22)16-10-6-5-7-11-16;;/h5-15H,22H2,1-4H3,(H,23,26);2*1H. The molecule has 7 heteroatoms. The van der Waals surface area contributed by atoms with Crippen molar-refractivity contribution in [1.29, 1.82) is 0 Å². The van der Waals surface area contributed by atoms with Crippen molar-refractivity contribution in [3.05, 3.63) is 66.0 Å². The molecule has 152 valence electrons. The number of nitrogens with two attached hydrogens (primary N) is 1. The van der Waals surface area contributed by atoms with Gasteiger partial charge in [0.25, 0.3) is 0 Å². The molecule has 2 atom stereocenters. The average molecular weight is 423 g/mol. The molecule has 0 fully saturated rings. The van der Waals surface area contributed by atoms with Gasteiger partial charge in [-0.15, -0.1) is 24.8 Å². The topological polar surface area (TPSA) is 72.9 Å². The van der Waals surface area contributed by atoms with Gasteiger partial charge in [-0.05, 0) is 45.4 Å². The Bertz CT molecular complexity index is 923. The highest BCUT2D eigenvalue weighted by atomic mass is 35.5. The molecule has 0 saturated heterocycles. The van der Waals surface area contributed by atoms with Gasteiger partial charge in [0.05, 0.1) is 17.1 Å². The molecule has 0 aliphatic carbocycles. The van der Waals surface area contributed by atoms with E-state index in [1.165, 1.54) is 0 Å². The van der Waals surface area contributed by atoms with Gasteiger partial charge in [-0.1, -0.05) is 42.5 Å². The molecule has 1 heterocycles. The molecular formula is C21H28Cl2N4O. The highest BCUT2D eigenvalue weighted by Crippen LogP contribution is 2.26. The molecule has 3 N–H and O–H groups in total. The summed E-state index contributed by atoms with van der Waals surface area (Å²) >= 11 is 0. The molecule has 0 aliphatic rings. The van der Waals surface area contributed by atoms with Crippen LogP contribution in [-0.4, -0.2) is 15.5 Å². The first-order chi connectivity index (χ1) is 12.3. The minimum atomic E-state index is -1.11. The van der Waals surface area contributed by atoms with Crippen LogP contribution in [0, 0.1) is 0 Å². The number of hydrogen-bond acceptors (Lipinski definition) is 3. The summed E-state index contributed by atoms with van der Waals surface area (Å²) in [7, 11) is 0. The van der Waals surface area contributed by atoms with Crippen molar-refractivity contribution in [2.45, 2.75) is 45.3 Å². The number of halogens is 2. The molecule has 2 aromatic carbocycles. The van der Waals surface area contributed by atoms with E-state index in [9.17, 15) is 4.79 Å². The van der Waals surface area contributed by atoms with Crippen molar-refractivity contribution < 1.29 is 4.79 Å². The van der Waals surface area contributed by atoms with Crippen LogP contribution in [0.4, 0.5) is 0 Å². The van der Waals surface area contributed by atoms with Crippen molar-refractivity contribution >= 4 is 41.8 Å². The number of hydrogen-bond donors (Lipinski definition) is 2. The monoisotopic (exact) mass is 422 g/mol. The lowest BCUT2D eigenvalue weighted by atomic mass is 9.92. The molecule has 2 unspecified atom stereocenters. The van der Waals surface area contributed by atoms with E-state index in [4.69, 9.17) is 10.7 Å². The third-order valence-corrected chi connectivity index (χ3v) is 4.72. The molecule has 5 nitrogen and oxygen atoms in total. The minimum Gasteiger partial charge on any atom is -0.345 e. The van der Waals surface area contributed by atoms with Crippen molar-refractivity contribution in [1.82, 2.24) is 14.9 Å². The SMILES string of the molecule is CC(NC(=O)C(C)(N)c1ccccc1)c1nc2ccccc2n1C(C)C.Cl.Cl. The molecule has 1 aromatic heterocycles. The van der Waals surface area contributed by atoms with Crippen LogP contribution in [-0.2, 0) is 10.3 Å². The van der Waals surface area contributed by atoms with Crippen LogP contribution in [0.1, 0.15) is 51.2 Å². The Morgan fingerprint density at radius 1 is 1.04 bits per heavy atom. The molecule has 0 radical (unpaired) electrons. The third-order valence-electron chi connectivity index (χ3n) is 4.72. The van der Waals surface area contributed by atoms with E-state index >= 15 is 0 Å². The van der Waals surface area contributed by atoms with Gasteiger partial charge in [0.15, 0.2) is 0 Å². The van der Waals surface area contributed by atoms with E-state index in [1.807, 2.05) is 55.5 Å². The molecule has 28 heavy (non-hydrogen) atoms. The maximum absolute atomic E-state index is 12.9. The lowest BCUT2D eigenvalue weighted by Gasteiger charge is -2.27. The Hall–Kier alpha value is -2.08. The first kappa shape index (κ1) is 24.0. The number of fused-ring (bicyclic) bond motifs is 1. The smallest absolute Gasteiger partial charge is 0.244 e. The number of nitrogens with one attached hydrogen (secondary N) is 1. The van der Waals surface area contributed by atoms with Crippen LogP contribution in [0.2, 0.25) is 0 Å². The van der Waals surface area contributed by atoms with E-state index < -0.39 is 5.54 Å². The number of rotatable bonds is 5. The van der Waals surface area contributed by atoms with Crippen LogP contribution in [0.25, 0.3) is 11.0 Å². The number of nitrogens with zero attached hydrogens (tertiary/aromatic N) is 2. The summed E-state index contributed by atoms with van der Waals surface area (Å²) in [5.74, 6) is 0.608. The van der Waals surface area contributed by atoms with Gasteiger partial charge in [-0.25, -0.2) is 4.98 Å². The van der Waals surface area contributed by atoms with Crippen molar-refractivity contribution in [2.24, 2.45) is 5.73 Å². The summed E-state index contributed by atoms with van der Waals surface area (Å²) in [5.41, 5.74) is 8.01. The fourth-order valence-corrected chi connectivity index (χ4v) is 3.24. The number of carbonyl (C=O) groups is 1. The predicted octanol–water partition coefficient (Wildman–Crippen LogP) is 4.51. The number of imidazole rings is 1. The zero-order valence-corrected chi connectivity index (χ0v) is 18.2. The minimum absolute atomic E-state index is 0. The van der Waals surface area contributed by atoms with Gasteiger partial charge in [0, 0.05) is 6.04 Å². The van der Waals surface area contributed by atoms with Gasteiger partial charge in [0.1, 0.15) is 11.4 Å². The quantitative estimate of drug-likeness (QED) is 0.634. The molecule has 1 amide bonds. The van der Waals surface area contributed by atoms with Crippen molar-refractivity contribution in [2.75, 3.05) is 0 Å². The first-order valence-corrected chi connectivity index (χ1v) is 8.94. The maximum atomic E-state index is 12.9. The highest BCUT2D eigenvalue weighted by Gasteiger charge is 2.32. The average Bonchev–Trinajstić information content (AvgIpc) is 3.02. The summed E-state index contributed by atoms with van der Waals surface area (Å²) < 4.78 is 2.16. The van der Waals surface area contributed by atoms with Crippen molar-refractivity contribution in [3.63, 3.8) is 0 Å². The van der Waals surface area contributed by atoms with E-state index in [0.717, 1.165) is 22.4 Å². The Labute approximate surface area is 178 Å². The normalized spacial score (nSPS) is 13.9. The maximum Gasteiger partial charge on any atom is 0.244 e. The number of para-hydroxylation sites is 2. The number of aromatic nitrogens is 2. The Balaban J connectivity index is 0.00000196. The summed E-state index contributed by atoms with van der Waals surface area (Å²) in [6, 6.07) is 17.4. The molecule has 0 aliphatic heterocycles. The molecular weight excluding hydrogens is 395 g/mol. The van der Waals surface area contributed by atoms with E-state index in [0.29, 0.717) is 0 Å². The summed E-state index contributed by atoms with van der Waals surface area (Å²) in [6.07, 6.45) is 0. The van der Waals surface area contributed by atoms with Gasteiger partial charge < -0.3 is 15.6 Å². The van der Waals surface area contributed by atoms with E-state index in [1.54, 1.807) is 6.92 Å². The fraction of sp³-hybridized carbons (Fsp3) is 0.333. The van der Waals surface area contributed by atoms with Crippen LogP contribution in [0.5, 0.6) is 0 Å². The molecule has 0 bridgehead atoms. The van der Waals surface area contributed by atoms with Gasteiger partial charge in [0.2, 0.25) is 5.91 Å². The third kappa shape index (κ3) is 4.49. The second kappa shape index (κ2) is 9.41. The van der Waals surface area contributed by atoms with Crippen molar-refractivity contribution in [3.8, 4) is 0 Å². The zero-order valence-electron chi connectivity index (χ0n) is 16.5. The van der Waals surface area contributed by atoms with Gasteiger partial charge in [-0.2, -0.15) is 0 Å². The number of carbonyl (C=O) groups excluding carboxylic acids is 1. The highest BCUT2D eigenvalue weighted by molar-refractivity contribution is 5.87. The first-order valence-electron chi connectivity index (χ1n) is 8.94.